The Morgan fingerprint density at radius 1 is 1.08 bits per heavy atom. The molecule has 0 spiro atoms. The third kappa shape index (κ3) is 4.18. The number of aryl methyl sites for hydroxylation is 1. The van der Waals surface area contributed by atoms with Crippen LogP contribution in [0.4, 0.5) is 0 Å². The molecule has 0 saturated carbocycles. The van der Waals surface area contributed by atoms with Gasteiger partial charge in [0, 0.05) is 54.2 Å². The lowest BCUT2D eigenvalue weighted by molar-refractivity contribution is 0.105. The van der Waals surface area contributed by atoms with Gasteiger partial charge in [-0.3, -0.25) is 14.9 Å². The lowest BCUT2D eigenvalue weighted by Crippen LogP contribution is -2.30. The van der Waals surface area contributed by atoms with E-state index in [2.05, 4.69) is 33.9 Å². The second kappa shape index (κ2) is 8.08. The zero-order chi connectivity index (χ0) is 17.8. The zero-order valence-electron chi connectivity index (χ0n) is 15.0. The largest absolute Gasteiger partial charge is 0.372 e. The van der Waals surface area contributed by atoms with Gasteiger partial charge < -0.3 is 4.74 Å². The molecule has 5 heteroatoms. The summed E-state index contributed by atoms with van der Waals surface area (Å²) in [6, 6.07) is 8.43. The third-order valence-corrected chi connectivity index (χ3v) is 5.74. The van der Waals surface area contributed by atoms with Crippen molar-refractivity contribution in [2.24, 2.45) is 0 Å². The number of fused-ring (bicyclic) bond motifs is 1. The van der Waals surface area contributed by atoms with Gasteiger partial charge in [-0.05, 0) is 59.9 Å². The maximum absolute atomic E-state index is 5.92. The van der Waals surface area contributed by atoms with Crippen LogP contribution in [0.3, 0.4) is 0 Å². The average molecular weight is 366 g/mol. The first-order chi connectivity index (χ1) is 12.8. The Kier molecular flexibility index (Phi) is 5.39. The van der Waals surface area contributed by atoms with Crippen molar-refractivity contribution in [3.05, 3.63) is 81.1 Å². The van der Waals surface area contributed by atoms with Crippen LogP contribution in [0.15, 0.2) is 49.1 Å². The standard InChI is InChI=1S/C21H23N3OS/c1-16-2-3-20(26-16)13-24-9-6-21-18(12-24)10-23-11-19(21)15-25-14-17-4-7-22-8-5-17/h2-5,7-8,10-11H,6,9,12-15H2,1H3. The van der Waals surface area contributed by atoms with Crippen molar-refractivity contribution >= 4 is 11.3 Å². The van der Waals surface area contributed by atoms with Crippen LogP contribution in [0.5, 0.6) is 0 Å². The molecule has 0 aromatic carbocycles. The number of ether oxygens (including phenoxy) is 1. The van der Waals surface area contributed by atoms with Crippen LogP contribution in [-0.2, 0) is 37.5 Å². The molecule has 0 bridgehead atoms. The number of thiophene rings is 1. The SMILES string of the molecule is Cc1ccc(CN2CCc3c(COCc4ccncc4)cncc3C2)s1. The normalized spacial score (nSPS) is 14.3. The first-order valence-corrected chi connectivity index (χ1v) is 9.78. The van der Waals surface area contributed by atoms with Crippen molar-refractivity contribution in [3.63, 3.8) is 0 Å². The summed E-state index contributed by atoms with van der Waals surface area (Å²) in [5, 5.41) is 0. The van der Waals surface area contributed by atoms with E-state index in [-0.39, 0.29) is 0 Å². The molecule has 0 amide bonds. The van der Waals surface area contributed by atoms with Gasteiger partial charge in [0.15, 0.2) is 0 Å². The molecule has 0 saturated heterocycles. The maximum atomic E-state index is 5.92. The van der Waals surface area contributed by atoms with Crippen molar-refractivity contribution in [2.75, 3.05) is 6.54 Å². The molecule has 134 valence electrons. The summed E-state index contributed by atoms with van der Waals surface area (Å²) in [5.74, 6) is 0. The van der Waals surface area contributed by atoms with Gasteiger partial charge >= 0.3 is 0 Å². The first-order valence-electron chi connectivity index (χ1n) is 8.97. The minimum Gasteiger partial charge on any atom is -0.372 e. The highest BCUT2D eigenvalue weighted by molar-refractivity contribution is 7.11. The van der Waals surface area contributed by atoms with Crippen LogP contribution in [0.2, 0.25) is 0 Å². The molecule has 4 nitrogen and oxygen atoms in total. The summed E-state index contributed by atoms with van der Waals surface area (Å²) in [7, 11) is 0. The number of hydrogen-bond acceptors (Lipinski definition) is 5. The van der Waals surface area contributed by atoms with Gasteiger partial charge in [-0.2, -0.15) is 0 Å². The molecule has 0 N–H and O–H groups in total. The fourth-order valence-electron chi connectivity index (χ4n) is 3.43. The Morgan fingerprint density at radius 2 is 1.96 bits per heavy atom. The number of pyridine rings is 2. The Hall–Kier alpha value is -2.08. The monoisotopic (exact) mass is 365 g/mol. The molecule has 0 aliphatic carbocycles. The zero-order valence-corrected chi connectivity index (χ0v) is 15.8. The second-order valence-electron chi connectivity index (χ2n) is 6.76. The summed E-state index contributed by atoms with van der Waals surface area (Å²) in [6.07, 6.45) is 8.65. The first kappa shape index (κ1) is 17.3. The van der Waals surface area contributed by atoms with Gasteiger partial charge in [-0.1, -0.05) is 0 Å². The van der Waals surface area contributed by atoms with Crippen molar-refractivity contribution in [3.8, 4) is 0 Å². The van der Waals surface area contributed by atoms with Gasteiger partial charge in [-0.25, -0.2) is 0 Å². The quantitative estimate of drug-likeness (QED) is 0.659. The van der Waals surface area contributed by atoms with Crippen molar-refractivity contribution in [2.45, 2.75) is 39.6 Å². The lowest BCUT2D eigenvalue weighted by Gasteiger charge is -2.29. The van der Waals surface area contributed by atoms with Crippen molar-refractivity contribution in [1.82, 2.24) is 14.9 Å². The molecule has 26 heavy (non-hydrogen) atoms. The van der Waals surface area contributed by atoms with Crippen molar-refractivity contribution in [1.29, 1.82) is 0 Å². The van der Waals surface area contributed by atoms with Gasteiger partial charge in [-0.15, -0.1) is 11.3 Å². The molecule has 0 atom stereocenters. The molecular weight excluding hydrogens is 342 g/mol. The van der Waals surface area contributed by atoms with E-state index < -0.39 is 0 Å². The van der Waals surface area contributed by atoms with E-state index >= 15 is 0 Å². The van der Waals surface area contributed by atoms with Gasteiger partial charge in [0.25, 0.3) is 0 Å². The van der Waals surface area contributed by atoms with E-state index in [0.29, 0.717) is 13.2 Å². The predicted molar refractivity (Wildman–Crippen MR) is 104 cm³/mol. The molecule has 3 aromatic heterocycles. The number of nitrogens with zero attached hydrogens (tertiary/aromatic N) is 3. The Morgan fingerprint density at radius 3 is 2.77 bits per heavy atom. The minimum atomic E-state index is 0.607. The van der Waals surface area contributed by atoms with Gasteiger partial charge in [0.2, 0.25) is 0 Å². The molecule has 3 aromatic rings. The Bertz CT molecular complexity index is 863. The summed E-state index contributed by atoms with van der Waals surface area (Å²) in [4.78, 5) is 13.8. The maximum Gasteiger partial charge on any atom is 0.0739 e. The molecule has 0 radical (unpaired) electrons. The highest BCUT2D eigenvalue weighted by Gasteiger charge is 2.19. The molecule has 4 rings (SSSR count). The van der Waals surface area contributed by atoms with Gasteiger partial charge in [0.05, 0.1) is 13.2 Å². The van der Waals surface area contributed by atoms with E-state index in [4.69, 9.17) is 4.74 Å². The van der Waals surface area contributed by atoms with E-state index in [9.17, 15) is 0 Å². The highest BCUT2D eigenvalue weighted by Crippen LogP contribution is 2.25. The fraction of sp³-hybridized carbons (Fsp3) is 0.333. The third-order valence-electron chi connectivity index (χ3n) is 4.76. The smallest absolute Gasteiger partial charge is 0.0739 e. The van der Waals surface area contributed by atoms with Crippen molar-refractivity contribution < 1.29 is 4.74 Å². The second-order valence-corrected chi connectivity index (χ2v) is 8.13. The van der Waals surface area contributed by atoms with Crippen LogP contribution in [-0.4, -0.2) is 21.4 Å². The molecule has 0 unspecified atom stereocenters. The molecule has 4 heterocycles. The summed E-state index contributed by atoms with van der Waals surface area (Å²) in [5.41, 5.74) is 5.14. The van der Waals surface area contributed by atoms with E-state index in [0.717, 1.165) is 31.6 Å². The minimum absolute atomic E-state index is 0.607. The Labute approximate surface area is 158 Å². The van der Waals surface area contributed by atoms with Crippen LogP contribution in [0.1, 0.15) is 32.0 Å². The van der Waals surface area contributed by atoms with Crippen LogP contribution >= 0.6 is 11.3 Å². The summed E-state index contributed by atoms with van der Waals surface area (Å²) < 4.78 is 5.92. The topological polar surface area (TPSA) is 38.2 Å². The number of aromatic nitrogens is 2. The van der Waals surface area contributed by atoms with Crippen LogP contribution in [0, 0.1) is 6.92 Å². The van der Waals surface area contributed by atoms with Crippen LogP contribution < -0.4 is 0 Å². The summed E-state index contributed by atoms with van der Waals surface area (Å²) in [6.45, 7) is 6.48. The van der Waals surface area contributed by atoms with E-state index in [1.165, 1.54) is 26.4 Å². The van der Waals surface area contributed by atoms with Gasteiger partial charge in [0.1, 0.15) is 0 Å². The number of hydrogen-bond donors (Lipinski definition) is 0. The molecule has 0 fully saturated rings. The fourth-order valence-corrected chi connectivity index (χ4v) is 4.37. The van der Waals surface area contributed by atoms with Crippen LogP contribution in [0.25, 0.3) is 0 Å². The lowest BCUT2D eigenvalue weighted by atomic mass is 9.97. The summed E-state index contributed by atoms with van der Waals surface area (Å²) >= 11 is 1.89. The Balaban J connectivity index is 1.38. The molecule has 1 aliphatic rings. The molecule has 1 aliphatic heterocycles. The van der Waals surface area contributed by atoms with E-state index in [1.54, 1.807) is 12.4 Å². The highest BCUT2D eigenvalue weighted by atomic mass is 32.1. The average Bonchev–Trinajstić information content (AvgIpc) is 3.07. The predicted octanol–water partition coefficient (Wildman–Crippen LogP) is 4.12. The molecular formula is C21H23N3OS. The number of rotatable bonds is 6. The van der Waals surface area contributed by atoms with E-state index in [1.807, 2.05) is 35.9 Å².